The fraction of sp³-hybridized carbons (Fsp3) is 0.250. The van der Waals surface area contributed by atoms with Crippen LogP contribution in [0.1, 0.15) is 22.5 Å². The Hall–Kier alpha value is -3.01. The lowest BCUT2D eigenvalue weighted by molar-refractivity contribution is 0.0770. The van der Waals surface area contributed by atoms with Gasteiger partial charge in [0.25, 0.3) is 11.8 Å². The van der Waals surface area contributed by atoms with Gasteiger partial charge >= 0.3 is 0 Å². The van der Waals surface area contributed by atoms with Crippen LogP contribution >= 0.6 is 0 Å². The average Bonchev–Trinajstić information content (AvgIpc) is 3.03. The van der Waals surface area contributed by atoms with E-state index in [1.54, 1.807) is 11.0 Å². The first-order valence-corrected chi connectivity index (χ1v) is 7.10. The third kappa shape index (κ3) is 3.26. The van der Waals surface area contributed by atoms with Crippen LogP contribution in [-0.2, 0) is 0 Å². The molecule has 2 aromatic rings. The number of amides is 1. The Kier molecular flexibility index (Phi) is 4.15. The van der Waals surface area contributed by atoms with Gasteiger partial charge in [-0.3, -0.25) is 4.79 Å². The number of rotatable bonds is 3. The van der Waals surface area contributed by atoms with Crippen molar-refractivity contribution in [2.24, 2.45) is 0 Å². The lowest BCUT2D eigenvalue weighted by Crippen LogP contribution is -2.31. The number of halogens is 1. The molecule has 2 heterocycles. The number of hydrogen-bond donors (Lipinski definition) is 0. The molecule has 3 rings (SSSR count). The van der Waals surface area contributed by atoms with Gasteiger partial charge in [-0.05, 0) is 18.2 Å². The molecule has 0 N–H and O–H groups in total. The summed E-state index contributed by atoms with van der Waals surface area (Å²) >= 11 is 0. The first-order valence-electron chi connectivity index (χ1n) is 7.10. The van der Waals surface area contributed by atoms with Crippen LogP contribution < -0.4 is 4.74 Å². The van der Waals surface area contributed by atoms with Gasteiger partial charge in [-0.15, -0.1) is 0 Å². The quantitative estimate of drug-likeness (QED) is 0.863. The van der Waals surface area contributed by atoms with E-state index >= 15 is 0 Å². The number of benzene rings is 1. The molecule has 1 fully saturated rings. The van der Waals surface area contributed by atoms with Crippen molar-refractivity contribution in [3.05, 3.63) is 53.7 Å². The fourth-order valence-electron chi connectivity index (χ4n) is 2.46. The lowest BCUT2D eigenvalue weighted by atomic mass is 10.2. The largest absolute Gasteiger partial charge is 0.470 e. The molecule has 1 aromatic carbocycles. The van der Waals surface area contributed by atoms with E-state index in [0.29, 0.717) is 25.1 Å². The van der Waals surface area contributed by atoms with Crippen molar-refractivity contribution in [2.45, 2.75) is 12.5 Å². The van der Waals surface area contributed by atoms with Crippen molar-refractivity contribution in [2.75, 3.05) is 13.1 Å². The number of nitriles is 1. The third-order valence-corrected chi connectivity index (χ3v) is 3.55. The molecule has 1 atom stereocenters. The number of nitrogens with zero attached hydrogens (tertiary/aromatic N) is 4. The first-order chi connectivity index (χ1) is 11.2. The fourth-order valence-corrected chi connectivity index (χ4v) is 2.46. The van der Waals surface area contributed by atoms with Gasteiger partial charge in [-0.1, -0.05) is 6.07 Å². The molecule has 0 radical (unpaired) electrons. The molecule has 1 unspecified atom stereocenters. The maximum absolute atomic E-state index is 13.2. The number of carbonyl (C=O) groups excluding carboxylic acids is 1. The minimum Gasteiger partial charge on any atom is -0.470 e. The van der Waals surface area contributed by atoms with E-state index in [1.165, 1.54) is 30.6 Å². The van der Waals surface area contributed by atoms with E-state index in [9.17, 15) is 9.18 Å². The standard InChI is InChI=1S/C16H13FN4O2/c17-12-3-1-2-11(8-12)16(22)21-7-4-13(10-21)23-15-14(9-18)19-5-6-20-15/h1-3,5-6,8,13H,4,7,10H2. The van der Waals surface area contributed by atoms with Crippen LogP contribution in [0, 0.1) is 17.1 Å². The zero-order chi connectivity index (χ0) is 16.2. The van der Waals surface area contributed by atoms with E-state index in [-0.39, 0.29) is 23.6 Å². The maximum Gasteiger partial charge on any atom is 0.254 e. The van der Waals surface area contributed by atoms with Gasteiger partial charge in [0.1, 0.15) is 18.0 Å². The number of aromatic nitrogens is 2. The van der Waals surface area contributed by atoms with Crippen molar-refractivity contribution in [1.82, 2.24) is 14.9 Å². The molecule has 1 aromatic heterocycles. The Bertz CT molecular complexity index is 775. The zero-order valence-corrected chi connectivity index (χ0v) is 12.1. The second-order valence-corrected chi connectivity index (χ2v) is 5.11. The van der Waals surface area contributed by atoms with Gasteiger partial charge in [0.05, 0.1) is 6.54 Å². The minimum atomic E-state index is -0.443. The van der Waals surface area contributed by atoms with Gasteiger partial charge in [0.2, 0.25) is 5.69 Å². The first kappa shape index (κ1) is 14.9. The molecule has 23 heavy (non-hydrogen) atoms. The van der Waals surface area contributed by atoms with Gasteiger partial charge in [0, 0.05) is 30.9 Å². The highest BCUT2D eigenvalue weighted by molar-refractivity contribution is 5.94. The van der Waals surface area contributed by atoms with Gasteiger partial charge in [-0.25, -0.2) is 14.4 Å². The Morgan fingerprint density at radius 1 is 1.39 bits per heavy atom. The average molecular weight is 312 g/mol. The second-order valence-electron chi connectivity index (χ2n) is 5.11. The highest BCUT2D eigenvalue weighted by Crippen LogP contribution is 2.20. The highest BCUT2D eigenvalue weighted by atomic mass is 19.1. The summed E-state index contributed by atoms with van der Waals surface area (Å²) in [5.74, 6) is -0.517. The zero-order valence-electron chi connectivity index (χ0n) is 12.1. The lowest BCUT2D eigenvalue weighted by Gasteiger charge is -2.17. The molecule has 0 bridgehead atoms. The second kappa shape index (κ2) is 6.40. The number of likely N-dealkylation sites (tertiary alicyclic amines) is 1. The van der Waals surface area contributed by atoms with Crippen molar-refractivity contribution < 1.29 is 13.9 Å². The normalized spacial score (nSPS) is 16.9. The molecule has 0 spiro atoms. The minimum absolute atomic E-state index is 0.113. The molecule has 1 aliphatic rings. The predicted molar refractivity (Wildman–Crippen MR) is 78.1 cm³/mol. The van der Waals surface area contributed by atoms with Crippen LogP contribution in [0.2, 0.25) is 0 Å². The van der Waals surface area contributed by atoms with E-state index in [4.69, 9.17) is 10.00 Å². The van der Waals surface area contributed by atoms with Crippen molar-refractivity contribution in [1.29, 1.82) is 5.26 Å². The SMILES string of the molecule is N#Cc1nccnc1OC1CCN(C(=O)c2cccc(F)c2)C1. The summed E-state index contributed by atoms with van der Waals surface area (Å²) in [7, 11) is 0. The molecule has 0 aliphatic carbocycles. The Morgan fingerprint density at radius 3 is 3.00 bits per heavy atom. The van der Waals surface area contributed by atoms with Crippen LogP contribution in [0.15, 0.2) is 36.7 Å². The molecule has 1 amide bonds. The van der Waals surface area contributed by atoms with Crippen molar-refractivity contribution in [3.8, 4) is 11.9 Å². The van der Waals surface area contributed by atoms with Gasteiger partial charge < -0.3 is 9.64 Å². The summed E-state index contributed by atoms with van der Waals surface area (Å²) in [4.78, 5) is 21.8. The van der Waals surface area contributed by atoms with Crippen LogP contribution in [0.3, 0.4) is 0 Å². The topological polar surface area (TPSA) is 79.1 Å². The smallest absolute Gasteiger partial charge is 0.254 e. The number of carbonyl (C=O) groups is 1. The monoisotopic (exact) mass is 312 g/mol. The van der Waals surface area contributed by atoms with E-state index < -0.39 is 5.82 Å². The molecule has 6 nitrogen and oxygen atoms in total. The van der Waals surface area contributed by atoms with Crippen molar-refractivity contribution >= 4 is 5.91 Å². The Labute approximate surface area is 132 Å². The summed E-state index contributed by atoms with van der Waals surface area (Å²) in [6, 6.07) is 7.51. The number of hydrogen-bond acceptors (Lipinski definition) is 5. The van der Waals surface area contributed by atoms with E-state index in [0.717, 1.165) is 0 Å². The molecule has 0 saturated carbocycles. The molecular weight excluding hydrogens is 299 g/mol. The Morgan fingerprint density at radius 2 is 2.22 bits per heavy atom. The summed E-state index contributed by atoms with van der Waals surface area (Å²) in [5, 5.41) is 8.97. The summed E-state index contributed by atoms with van der Waals surface area (Å²) in [6.07, 6.45) is 3.21. The van der Waals surface area contributed by atoms with E-state index in [1.807, 2.05) is 6.07 Å². The van der Waals surface area contributed by atoms with Crippen molar-refractivity contribution in [3.63, 3.8) is 0 Å². The molecule has 116 valence electrons. The van der Waals surface area contributed by atoms with Crippen LogP contribution in [-0.4, -0.2) is 40.0 Å². The summed E-state index contributed by atoms with van der Waals surface area (Å²) in [6.45, 7) is 0.860. The highest BCUT2D eigenvalue weighted by Gasteiger charge is 2.29. The molecular formula is C16H13FN4O2. The Balaban J connectivity index is 1.67. The molecule has 1 saturated heterocycles. The summed E-state index contributed by atoms with van der Waals surface area (Å²) in [5.41, 5.74) is 0.422. The van der Waals surface area contributed by atoms with Gasteiger partial charge in [-0.2, -0.15) is 5.26 Å². The predicted octanol–water partition coefficient (Wildman–Crippen LogP) is 1.78. The maximum atomic E-state index is 13.2. The van der Waals surface area contributed by atoms with Crippen LogP contribution in [0.25, 0.3) is 0 Å². The third-order valence-electron chi connectivity index (χ3n) is 3.55. The molecule has 1 aliphatic heterocycles. The van der Waals surface area contributed by atoms with E-state index in [2.05, 4.69) is 9.97 Å². The van der Waals surface area contributed by atoms with Gasteiger partial charge in [0.15, 0.2) is 0 Å². The molecule has 7 heteroatoms. The van der Waals surface area contributed by atoms with Crippen LogP contribution in [0.5, 0.6) is 5.88 Å². The summed E-state index contributed by atoms with van der Waals surface area (Å²) < 4.78 is 18.9. The van der Waals surface area contributed by atoms with Crippen LogP contribution in [0.4, 0.5) is 4.39 Å². The number of ether oxygens (including phenoxy) is 1.